The Bertz CT molecular complexity index is 810. The number of hydrogen-bond acceptors (Lipinski definition) is 1. The molecule has 2 heterocycles. The summed E-state index contributed by atoms with van der Waals surface area (Å²) in [6.45, 7) is 5.94. The molecule has 0 aliphatic carbocycles. The molecule has 2 aromatic carbocycles. The number of carbonyl (C=O) groups excluding carboxylic acids is 1. The third-order valence-corrected chi connectivity index (χ3v) is 6.29. The van der Waals surface area contributed by atoms with Gasteiger partial charge in [-0.05, 0) is 17.2 Å². The quantitative estimate of drug-likeness (QED) is 0.667. The summed E-state index contributed by atoms with van der Waals surface area (Å²) in [5.74, 6) is 0.216. The van der Waals surface area contributed by atoms with E-state index in [-0.39, 0.29) is 5.91 Å². The SMILES string of the molecule is O=C(C[NH+]1CC=C(c2ccccc2)CC1)NC1CC[NH+](Cc2ccccc2)CC1. The Hall–Kier alpha value is -2.43. The van der Waals surface area contributed by atoms with Gasteiger partial charge in [0.2, 0.25) is 0 Å². The number of rotatable bonds is 6. The fourth-order valence-electron chi connectivity index (χ4n) is 4.60. The van der Waals surface area contributed by atoms with E-state index >= 15 is 0 Å². The first kappa shape index (κ1) is 19.9. The van der Waals surface area contributed by atoms with Gasteiger partial charge in [-0.3, -0.25) is 4.79 Å². The molecule has 0 aromatic heterocycles. The number of piperidine rings is 1. The Labute approximate surface area is 174 Å². The summed E-state index contributed by atoms with van der Waals surface area (Å²) < 4.78 is 0. The van der Waals surface area contributed by atoms with Gasteiger partial charge in [-0.2, -0.15) is 0 Å². The van der Waals surface area contributed by atoms with Crippen molar-refractivity contribution in [2.45, 2.75) is 31.8 Å². The second-order valence-electron chi connectivity index (χ2n) is 8.48. The van der Waals surface area contributed by atoms with E-state index in [4.69, 9.17) is 0 Å². The smallest absolute Gasteiger partial charge is 0.275 e. The van der Waals surface area contributed by atoms with Gasteiger partial charge >= 0.3 is 0 Å². The molecule has 2 aliphatic heterocycles. The minimum absolute atomic E-state index is 0.216. The van der Waals surface area contributed by atoms with Crippen LogP contribution in [0, 0.1) is 0 Å². The fourth-order valence-corrected chi connectivity index (χ4v) is 4.60. The van der Waals surface area contributed by atoms with E-state index < -0.39 is 0 Å². The lowest BCUT2D eigenvalue weighted by Gasteiger charge is -2.30. The maximum absolute atomic E-state index is 12.5. The van der Waals surface area contributed by atoms with Gasteiger partial charge in [0, 0.05) is 30.9 Å². The molecule has 29 heavy (non-hydrogen) atoms. The van der Waals surface area contributed by atoms with Crippen molar-refractivity contribution in [2.75, 3.05) is 32.7 Å². The van der Waals surface area contributed by atoms with Crippen LogP contribution in [0.15, 0.2) is 66.7 Å². The Morgan fingerprint density at radius 1 is 0.897 bits per heavy atom. The largest absolute Gasteiger partial charge is 0.348 e. The first-order valence-corrected chi connectivity index (χ1v) is 11.0. The van der Waals surface area contributed by atoms with Crippen molar-refractivity contribution in [3.63, 3.8) is 0 Å². The zero-order valence-corrected chi connectivity index (χ0v) is 17.2. The van der Waals surface area contributed by atoms with Crippen LogP contribution in [0.1, 0.15) is 30.4 Å². The lowest BCUT2D eigenvalue weighted by Crippen LogP contribution is -3.13. The van der Waals surface area contributed by atoms with Gasteiger partial charge in [-0.15, -0.1) is 0 Å². The van der Waals surface area contributed by atoms with Crippen molar-refractivity contribution < 1.29 is 14.6 Å². The maximum atomic E-state index is 12.5. The highest BCUT2D eigenvalue weighted by molar-refractivity contribution is 5.77. The molecule has 0 spiro atoms. The summed E-state index contributed by atoms with van der Waals surface area (Å²) in [6, 6.07) is 21.7. The molecule has 0 radical (unpaired) electrons. The van der Waals surface area contributed by atoms with Crippen LogP contribution in [0.3, 0.4) is 0 Å². The standard InChI is InChI=1S/C25H31N3O/c29-25(20-28-15-11-23(12-16-28)22-9-5-2-6-10-22)26-24-13-17-27(18-14-24)19-21-7-3-1-4-8-21/h1-11,24H,12-20H2,(H,26,29)/p+2. The number of likely N-dealkylation sites (tertiary alicyclic amines) is 1. The highest BCUT2D eigenvalue weighted by atomic mass is 16.2. The summed E-state index contributed by atoms with van der Waals surface area (Å²) in [6.07, 6.45) is 5.53. The Kier molecular flexibility index (Phi) is 6.75. The fraction of sp³-hybridized carbons (Fsp3) is 0.400. The second kappa shape index (κ2) is 9.86. The molecule has 2 aromatic rings. The highest BCUT2D eigenvalue weighted by Crippen LogP contribution is 2.17. The van der Waals surface area contributed by atoms with E-state index in [0.717, 1.165) is 52.0 Å². The number of nitrogens with one attached hydrogen (secondary N) is 3. The van der Waals surface area contributed by atoms with E-state index in [1.54, 1.807) is 4.90 Å². The molecule has 4 heteroatoms. The first-order chi connectivity index (χ1) is 14.3. The predicted molar refractivity (Wildman–Crippen MR) is 117 cm³/mol. The molecule has 0 bridgehead atoms. The molecule has 1 atom stereocenters. The summed E-state index contributed by atoms with van der Waals surface area (Å²) in [5.41, 5.74) is 4.14. The number of hydrogen-bond donors (Lipinski definition) is 3. The molecule has 0 saturated carbocycles. The summed E-state index contributed by atoms with van der Waals surface area (Å²) >= 11 is 0. The highest BCUT2D eigenvalue weighted by Gasteiger charge is 2.25. The molecular formula is C25H33N3O+2. The van der Waals surface area contributed by atoms with E-state index in [1.165, 1.54) is 21.6 Å². The monoisotopic (exact) mass is 391 g/mol. The molecule has 4 rings (SSSR count). The second-order valence-corrected chi connectivity index (χ2v) is 8.48. The van der Waals surface area contributed by atoms with Gasteiger partial charge in [-0.1, -0.05) is 60.7 Å². The molecular weight excluding hydrogens is 358 g/mol. The Morgan fingerprint density at radius 2 is 1.59 bits per heavy atom. The van der Waals surface area contributed by atoms with E-state index in [2.05, 4.69) is 72.1 Å². The number of quaternary nitrogens is 2. The summed E-state index contributed by atoms with van der Waals surface area (Å²) in [4.78, 5) is 15.5. The molecule has 152 valence electrons. The van der Waals surface area contributed by atoms with Crippen LogP contribution in [0.2, 0.25) is 0 Å². The Balaban J connectivity index is 1.18. The lowest BCUT2D eigenvalue weighted by molar-refractivity contribution is -0.918. The van der Waals surface area contributed by atoms with E-state index in [9.17, 15) is 4.79 Å². The predicted octanol–water partition coefficient (Wildman–Crippen LogP) is 0.722. The summed E-state index contributed by atoms with van der Waals surface area (Å²) in [5, 5.41) is 3.30. The van der Waals surface area contributed by atoms with Crippen LogP contribution < -0.4 is 15.1 Å². The van der Waals surface area contributed by atoms with Crippen molar-refractivity contribution in [3.05, 3.63) is 77.9 Å². The van der Waals surface area contributed by atoms with E-state index in [0.29, 0.717) is 12.6 Å². The van der Waals surface area contributed by atoms with Crippen molar-refractivity contribution in [2.24, 2.45) is 0 Å². The van der Waals surface area contributed by atoms with Gasteiger partial charge in [0.1, 0.15) is 6.54 Å². The third kappa shape index (κ3) is 5.78. The first-order valence-electron chi connectivity index (χ1n) is 11.0. The minimum atomic E-state index is 0.216. The average molecular weight is 392 g/mol. The van der Waals surface area contributed by atoms with Gasteiger partial charge in [0.05, 0.1) is 26.2 Å². The van der Waals surface area contributed by atoms with Gasteiger partial charge in [0.15, 0.2) is 6.54 Å². The van der Waals surface area contributed by atoms with Crippen LogP contribution in [0.25, 0.3) is 5.57 Å². The number of carbonyl (C=O) groups is 1. The van der Waals surface area contributed by atoms with Gasteiger partial charge in [0.25, 0.3) is 5.91 Å². The molecule has 1 fully saturated rings. The molecule has 1 amide bonds. The molecule has 1 saturated heterocycles. The summed E-state index contributed by atoms with van der Waals surface area (Å²) in [7, 11) is 0. The van der Waals surface area contributed by atoms with Crippen LogP contribution in [0.5, 0.6) is 0 Å². The number of amides is 1. The lowest BCUT2D eigenvalue weighted by atomic mass is 9.99. The maximum Gasteiger partial charge on any atom is 0.275 e. The van der Waals surface area contributed by atoms with Crippen LogP contribution >= 0.6 is 0 Å². The van der Waals surface area contributed by atoms with Gasteiger partial charge < -0.3 is 15.1 Å². The number of benzene rings is 2. The molecule has 4 nitrogen and oxygen atoms in total. The van der Waals surface area contributed by atoms with E-state index in [1.807, 2.05) is 0 Å². The van der Waals surface area contributed by atoms with Crippen molar-refractivity contribution in [1.29, 1.82) is 0 Å². The van der Waals surface area contributed by atoms with Crippen LogP contribution in [0.4, 0.5) is 0 Å². The average Bonchev–Trinajstić information content (AvgIpc) is 2.77. The zero-order valence-electron chi connectivity index (χ0n) is 17.2. The topological polar surface area (TPSA) is 38.0 Å². The van der Waals surface area contributed by atoms with Gasteiger partial charge in [-0.25, -0.2) is 0 Å². The van der Waals surface area contributed by atoms with Crippen LogP contribution in [-0.4, -0.2) is 44.7 Å². The van der Waals surface area contributed by atoms with Crippen molar-refractivity contribution in [1.82, 2.24) is 5.32 Å². The van der Waals surface area contributed by atoms with Crippen molar-refractivity contribution >= 4 is 11.5 Å². The molecule has 2 aliphatic rings. The minimum Gasteiger partial charge on any atom is -0.348 e. The molecule has 3 N–H and O–H groups in total. The third-order valence-electron chi connectivity index (χ3n) is 6.29. The molecule has 1 unspecified atom stereocenters. The normalized spacial score (nSPS) is 24.6. The van der Waals surface area contributed by atoms with Crippen LogP contribution in [-0.2, 0) is 11.3 Å². The Morgan fingerprint density at radius 3 is 2.24 bits per heavy atom. The van der Waals surface area contributed by atoms with Crippen molar-refractivity contribution in [3.8, 4) is 0 Å². The zero-order chi connectivity index (χ0) is 19.9.